The smallest absolute Gasteiger partial charge is 0.0583 e. The summed E-state index contributed by atoms with van der Waals surface area (Å²) in [4.78, 5) is 2.51. The average molecular weight is 280 g/mol. The number of benzene rings is 2. The van der Waals surface area contributed by atoms with Gasteiger partial charge >= 0.3 is 0 Å². The summed E-state index contributed by atoms with van der Waals surface area (Å²) >= 11 is 0. The number of aryl methyl sites for hydroxylation is 1. The van der Waals surface area contributed by atoms with Crippen LogP contribution < -0.4 is 10.2 Å². The van der Waals surface area contributed by atoms with E-state index in [-0.39, 0.29) is 5.54 Å². The maximum atomic E-state index is 3.74. The van der Waals surface area contributed by atoms with E-state index in [9.17, 15) is 0 Å². The van der Waals surface area contributed by atoms with E-state index in [1.165, 1.54) is 23.2 Å². The van der Waals surface area contributed by atoms with E-state index in [1.54, 1.807) is 0 Å². The second kappa shape index (κ2) is 5.90. The summed E-state index contributed by atoms with van der Waals surface area (Å²) in [6, 6.07) is 19.7. The Hall–Kier alpha value is -1.80. The largest absolute Gasteiger partial charge is 0.369 e. The number of rotatable bonds is 2. The predicted molar refractivity (Wildman–Crippen MR) is 89.8 cm³/mol. The Morgan fingerprint density at radius 3 is 2.43 bits per heavy atom. The zero-order chi connectivity index (χ0) is 14.7. The summed E-state index contributed by atoms with van der Waals surface area (Å²) < 4.78 is 0. The first-order valence-corrected chi connectivity index (χ1v) is 7.80. The van der Waals surface area contributed by atoms with Gasteiger partial charge in [0.25, 0.3) is 0 Å². The third-order valence-electron chi connectivity index (χ3n) is 4.44. The minimum atomic E-state index is 0.00263. The Bertz CT molecular complexity index is 576. The van der Waals surface area contributed by atoms with Gasteiger partial charge in [-0.25, -0.2) is 0 Å². The molecule has 2 nitrogen and oxygen atoms in total. The van der Waals surface area contributed by atoms with E-state index in [2.05, 4.69) is 78.7 Å². The lowest BCUT2D eigenvalue weighted by Gasteiger charge is -2.35. The van der Waals surface area contributed by atoms with E-state index in [0.717, 1.165) is 19.6 Å². The van der Waals surface area contributed by atoms with Crippen molar-refractivity contribution < 1.29 is 0 Å². The van der Waals surface area contributed by atoms with Crippen molar-refractivity contribution in [3.8, 4) is 0 Å². The molecular weight excluding hydrogens is 256 g/mol. The molecule has 21 heavy (non-hydrogen) atoms. The van der Waals surface area contributed by atoms with Crippen LogP contribution in [0.2, 0.25) is 0 Å². The molecule has 1 saturated heterocycles. The number of nitrogens with zero attached hydrogens (tertiary/aromatic N) is 1. The minimum absolute atomic E-state index is 0.00263. The van der Waals surface area contributed by atoms with E-state index in [4.69, 9.17) is 0 Å². The van der Waals surface area contributed by atoms with E-state index in [1.807, 2.05) is 0 Å². The van der Waals surface area contributed by atoms with Crippen molar-refractivity contribution in [2.24, 2.45) is 0 Å². The van der Waals surface area contributed by atoms with Crippen LogP contribution in [0.3, 0.4) is 0 Å². The molecule has 1 fully saturated rings. The lowest BCUT2D eigenvalue weighted by Crippen LogP contribution is -2.46. The van der Waals surface area contributed by atoms with Crippen LogP contribution in [0.15, 0.2) is 54.6 Å². The van der Waals surface area contributed by atoms with Crippen LogP contribution in [0.4, 0.5) is 5.69 Å². The normalized spacial score (nSPS) is 22.9. The van der Waals surface area contributed by atoms with Gasteiger partial charge in [0, 0.05) is 18.8 Å². The second-order valence-corrected chi connectivity index (χ2v) is 6.24. The first-order chi connectivity index (χ1) is 10.2. The number of anilines is 1. The van der Waals surface area contributed by atoms with Crippen molar-refractivity contribution in [3.63, 3.8) is 0 Å². The molecule has 0 amide bonds. The van der Waals surface area contributed by atoms with Crippen LogP contribution >= 0.6 is 0 Å². The third kappa shape index (κ3) is 3.11. The molecule has 3 rings (SSSR count). The molecule has 1 atom stereocenters. The first kappa shape index (κ1) is 14.2. The van der Waals surface area contributed by atoms with Gasteiger partial charge in [-0.3, -0.25) is 0 Å². The Labute approximate surface area is 127 Å². The van der Waals surface area contributed by atoms with E-state index < -0.39 is 0 Å². The summed E-state index contributed by atoms with van der Waals surface area (Å²) in [5, 5.41) is 3.74. The highest BCUT2D eigenvalue weighted by atomic mass is 15.2. The van der Waals surface area contributed by atoms with Gasteiger partial charge in [0.2, 0.25) is 0 Å². The molecular formula is C19H24N2. The van der Waals surface area contributed by atoms with Crippen LogP contribution in [0.25, 0.3) is 0 Å². The van der Waals surface area contributed by atoms with Gasteiger partial charge in [-0.2, -0.15) is 0 Å². The summed E-state index contributed by atoms with van der Waals surface area (Å²) in [6.45, 7) is 7.63. The standard InChI is InChI=1S/C19H24N2/c1-16-9-11-18(12-10-16)21-14-6-13-20-19(2,15-21)17-7-4-3-5-8-17/h3-5,7-12,20H,6,13-15H2,1-2H3. The van der Waals surface area contributed by atoms with Gasteiger partial charge < -0.3 is 10.2 Å². The molecule has 1 N–H and O–H groups in total. The molecule has 1 aliphatic rings. The number of hydrogen-bond donors (Lipinski definition) is 1. The molecule has 0 aliphatic carbocycles. The van der Waals surface area contributed by atoms with Gasteiger partial charge in [0.05, 0.1) is 5.54 Å². The average Bonchev–Trinajstić information content (AvgIpc) is 2.72. The fraction of sp³-hybridized carbons (Fsp3) is 0.368. The highest BCUT2D eigenvalue weighted by Crippen LogP contribution is 2.27. The van der Waals surface area contributed by atoms with Crippen LogP contribution in [0.1, 0.15) is 24.5 Å². The topological polar surface area (TPSA) is 15.3 Å². The molecule has 0 bridgehead atoms. The van der Waals surface area contributed by atoms with Crippen molar-refractivity contribution in [2.45, 2.75) is 25.8 Å². The molecule has 0 aromatic heterocycles. The fourth-order valence-electron chi connectivity index (χ4n) is 3.13. The van der Waals surface area contributed by atoms with Gasteiger partial charge in [-0.05, 0) is 44.5 Å². The molecule has 0 spiro atoms. The predicted octanol–water partition coefficient (Wildman–Crippen LogP) is 3.71. The molecule has 2 aromatic rings. The quantitative estimate of drug-likeness (QED) is 0.902. The summed E-state index contributed by atoms with van der Waals surface area (Å²) in [7, 11) is 0. The molecule has 0 radical (unpaired) electrons. The lowest BCUT2D eigenvalue weighted by molar-refractivity contribution is 0.392. The van der Waals surface area contributed by atoms with Gasteiger partial charge in [0.1, 0.15) is 0 Å². The van der Waals surface area contributed by atoms with Crippen LogP contribution in [0.5, 0.6) is 0 Å². The lowest BCUT2D eigenvalue weighted by atomic mass is 9.91. The Morgan fingerprint density at radius 2 is 1.71 bits per heavy atom. The molecule has 110 valence electrons. The first-order valence-electron chi connectivity index (χ1n) is 7.80. The van der Waals surface area contributed by atoms with Gasteiger partial charge in [0.15, 0.2) is 0 Å². The molecule has 2 aromatic carbocycles. The van der Waals surface area contributed by atoms with Crippen LogP contribution in [0, 0.1) is 6.92 Å². The van der Waals surface area contributed by atoms with Gasteiger partial charge in [-0.15, -0.1) is 0 Å². The monoisotopic (exact) mass is 280 g/mol. The molecule has 2 heteroatoms. The number of hydrogen-bond acceptors (Lipinski definition) is 2. The third-order valence-corrected chi connectivity index (χ3v) is 4.44. The zero-order valence-electron chi connectivity index (χ0n) is 13.0. The Kier molecular flexibility index (Phi) is 3.98. The van der Waals surface area contributed by atoms with Crippen molar-refractivity contribution in [2.75, 3.05) is 24.5 Å². The summed E-state index contributed by atoms with van der Waals surface area (Å²) in [6.07, 6.45) is 1.18. The van der Waals surface area contributed by atoms with Crippen molar-refractivity contribution in [1.82, 2.24) is 5.32 Å². The summed E-state index contributed by atoms with van der Waals surface area (Å²) in [5.74, 6) is 0. The molecule has 0 saturated carbocycles. The highest BCUT2D eigenvalue weighted by Gasteiger charge is 2.30. The highest BCUT2D eigenvalue weighted by molar-refractivity contribution is 5.48. The van der Waals surface area contributed by atoms with Crippen LogP contribution in [-0.4, -0.2) is 19.6 Å². The maximum Gasteiger partial charge on any atom is 0.0583 e. The van der Waals surface area contributed by atoms with E-state index >= 15 is 0 Å². The van der Waals surface area contributed by atoms with Crippen molar-refractivity contribution >= 4 is 5.69 Å². The fourth-order valence-corrected chi connectivity index (χ4v) is 3.13. The number of nitrogens with one attached hydrogen (secondary N) is 1. The minimum Gasteiger partial charge on any atom is -0.369 e. The molecule has 1 unspecified atom stereocenters. The van der Waals surface area contributed by atoms with Gasteiger partial charge in [-0.1, -0.05) is 48.0 Å². The van der Waals surface area contributed by atoms with Crippen molar-refractivity contribution in [3.05, 3.63) is 65.7 Å². The zero-order valence-corrected chi connectivity index (χ0v) is 13.0. The summed E-state index contributed by atoms with van der Waals surface area (Å²) in [5.41, 5.74) is 4.01. The van der Waals surface area contributed by atoms with Crippen LogP contribution in [-0.2, 0) is 5.54 Å². The molecule has 1 aliphatic heterocycles. The Morgan fingerprint density at radius 1 is 1.00 bits per heavy atom. The SMILES string of the molecule is Cc1ccc(N2CCCNC(C)(c3ccccc3)C2)cc1. The Balaban J connectivity index is 1.88. The molecule has 1 heterocycles. The maximum absolute atomic E-state index is 3.74. The van der Waals surface area contributed by atoms with E-state index in [0.29, 0.717) is 0 Å². The second-order valence-electron chi connectivity index (χ2n) is 6.24. The van der Waals surface area contributed by atoms with Crippen molar-refractivity contribution in [1.29, 1.82) is 0 Å².